The van der Waals surface area contributed by atoms with E-state index in [2.05, 4.69) is 10.6 Å². The number of amides is 2. The summed E-state index contributed by atoms with van der Waals surface area (Å²) in [5.74, 6) is -3.36. The molecule has 39 heavy (non-hydrogen) atoms. The topological polar surface area (TPSA) is 213 Å². The normalized spacial score (nSPS) is 11.6. The number of sulfone groups is 2. The molecule has 0 radical (unpaired) electrons. The minimum Gasteiger partial charge on any atom is -0.326 e. The third-order valence-electron chi connectivity index (χ3n) is 5.47. The summed E-state index contributed by atoms with van der Waals surface area (Å²) in [6.07, 6.45) is 0.0875. The number of hydrogen-bond acceptors (Lipinski definition) is 10. The fraction of sp³-hybridized carbons (Fsp3) is 0.391. The summed E-state index contributed by atoms with van der Waals surface area (Å²) in [6, 6.07) is 5.57. The summed E-state index contributed by atoms with van der Waals surface area (Å²) in [4.78, 5) is 43.9. The molecule has 14 nitrogen and oxygen atoms in total. The van der Waals surface area contributed by atoms with Crippen LogP contribution in [0.3, 0.4) is 0 Å². The largest absolute Gasteiger partial charge is 0.326 e. The Morgan fingerprint density at radius 3 is 1.21 bits per heavy atom. The van der Waals surface area contributed by atoms with Gasteiger partial charge in [0.1, 0.15) is 0 Å². The molecule has 0 aliphatic heterocycles. The predicted octanol–water partition coefficient (Wildman–Crippen LogP) is 2.68. The number of carbonyl (C=O) groups excluding carboxylic acids is 2. The Morgan fingerprint density at radius 1 is 0.667 bits per heavy atom. The minimum atomic E-state index is -4.15. The van der Waals surface area contributed by atoms with Crippen molar-refractivity contribution in [1.29, 1.82) is 0 Å². The molecule has 2 N–H and O–H groups in total. The van der Waals surface area contributed by atoms with E-state index in [1.807, 2.05) is 0 Å². The molecule has 0 saturated heterocycles. The molecule has 0 atom stereocenters. The van der Waals surface area contributed by atoms with Crippen LogP contribution in [0.15, 0.2) is 34.1 Å². The lowest BCUT2D eigenvalue weighted by Gasteiger charge is -2.13. The van der Waals surface area contributed by atoms with Gasteiger partial charge < -0.3 is 10.6 Å². The lowest BCUT2D eigenvalue weighted by Crippen LogP contribution is -2.18. The molecule has 2 rings (SSSR count). The second kappa shape index (κ2) is 12.3. The monoisotopic (exact) mass is 584 g/mol. The van der Waals surface area contributed by atoms with E-state index in [0.717, 1.165) is 0 Å². The molecule has 2 aromatic rings. The van der Waals surface area contributed by atoms with Crippen molar-refractivity contribution in [3.63, 3.8) is 0 Å². The van der Waals surface area contributed by atoms with Crippen LogP contribution in [0, 0.1) is 47.9 Å². The van der Waals surface area contributed by atoms with E-state index in [9.17, 15) is 46.7 Å². The van der Waals surface area contributed by atoms with Gasteiger partial charge in [-0.3, -0.25) is 29.8 Å². The molecular formula is C23H28N4O10S2. The maximum atomic E-state index is 12.3. The van der Waals surface area contributed by atoms with Gasteiger partial charge in [0, 0.05) is 34.1 Å². The number of nitrogens with zero attached hydrogens (tertiary/aromatic N) is 2. The predicted molar refractivity (Wildman–Crippen MR) is 141 cm³/mol. The van der Waals surface area contributed by atoms with Crippen LogP contribution in [0.2, 0.25) is 0 Å². The molecule has 0 fully saturated rings. The first-order valence-corrected chi connectivity index (χ1v) is 14.7. The zero-order valence-electron chi connectivity index (χ0n) is 21.6. The first-order valence-electron chi connectivity index (χ1n) is 11.4. The first-order chi connectivity index (χ1) is 17.9. The van der Waals surface area contributed by atoms with E-state index in [-0.39, 0.29) is 51.3 Å². The van der Waals surface area contributed by atoms with Gasteiger partial charge in [-0.05, 0) is 80.6 Å². The Kier molecular flexibility index (Phi) is 9.87. The highest BCUT2D eigenvalue weighted by molar-refractivity contribution is 7.91. The van der Waals surface area contributed by atoms with Crippen molar-refractivity contribution in [2.75, 3.05) is 22.4 Å². The van der Waals surface area contributed by atoms with Crippen molar-refractivity contribution in [1.82, 2.24) is 0 Å². The van der Waals surface area contributed by atoms with Crippen LogP contribution in [0.1, 0.15) is 41.5 Å². The van der Waals surface area contributed by atoms with Crippen LogP contribution in [0.4, 0.5) is 11.4 Å². The maximum Gasteiger partial charge on any atom is 0.305 e. The summed E-state index contributed by atoms with van der Waals surface area (Å²) in [5.41, 5.74) is 1.59. The van der Waals surface area contributed by atoms with E-state index >= 15 is 0 Å². The van der Waals surface area contributed by atoms with Crippen molar-refractivity contribution in [2.45, 2.75) is 56.7 Å². The van der Waals surface area contributed by atoms with E-state index in [4.69, 9.17) is 0 Å². The summed E-state index contributed by atoms with van der Waals surface area (Å²) in [7, 11) is -8.30. The second-order valence-electron chi connectivity index (χ2n) is 8.98. The van der Waals surface area contributed by atoms with Gasteiger partial charge in [-0.25, -0.2) is 16.8 Å². The zero-order chi connectivity index (χ0) is 29.7. The van der Waals surface area contributed by atoms with Crippen LogP contribution >= 0.6 is 0 Å². The number of rotatable bonds is 12. The van der Waals surface area contributed by atoms with Crippen molar-refractivity contribution in [3.8, 4) is 0 Å². The van der Waals surface area contributed by atoms with E-state index < -0.39 is 53.1 Å². The molecule has 0 aliphatic carbocycles. The van der Waals surface area contributed by atoms with Crippen LogP contribution in [-0.2, 0) is 29.3 Å². The zero-order valence-corrected chi connectivity index (χ0v) is 23.3. The molecule has 0 aliphatic rings. The Labute approximate surface area is 224 Å². The lowest BCUT2D eigenvalue weighted by molar-refractivity contribution is -0.458. The molecule has 0 saturated carbocycles. The van der Waals surface area contributed by atoms with Gasteiger partial charge in [-0.15, -0.1) is 0 Å². The maximum absolute atomic E-state index is 12.3. The Morgan fingerprint density at radius 2 is 0.949 bits per heavy atom. The summed E-state index contributed by atoms with van der Waals surface area (Å²) in [5, 5.41) is 26.6. The van der Waals surface area contributed by atoms with Gasteiger partial charge in [-0.2, -0.15) is 0 Å². The number of aryl methyl sites for hydroxylation is 4. The molecule has 212 valence electrons. The SMILES string of the molecule is Cc1cc(NC(=O)CCCC(=O)Nc2cc(C)c(S(=O)(=O)C[N+](=O)[O-])c(C)c2)cc(C)c1S(=O)(=O)C[N+](=O)[O-]. The summed E-state index contributed by atoms with van der Waals surface area (Å²) < 4.78 is 49.1. The molecular weight excluding hydrogens is 556 g/mol. The van der Waals surface area contributed by atoms with Crippen molar-refractivity contribution >= 4 is 42.9 Å². The smallest absolute Gasteiger partial charge is 0.305 e. The van der Waals surface area contributed by atoms with E-state index in [1.54, 1.807) is 0 Å². The lowest BCUT2D eigenvalue weighted by atomic mass is 10.1. The second-order valence-corrected chi connectivity index (χ2v) is 12.8. The summed E-state index contributed by atoms with van der Waals surface area (Å²) >= 11 is 0. The van der Waals surface area contributed by atoms with Crippen molar-refractivity contribution in [2.24, 2.45) is 0 Å². The van der Waals surface area contributed by atoms with Crippen molar-refractivity contribution in [3.05, 3.63) is 66.7 Å². The van der Waals surface area contributed by atoms with Gasteiger partial charge in [-0.1, -0.05) is 0 Å². The number of anilines is 2. The molecule has 0 aromatic heterocycles. The van der Waals surface area contributed by atoms with E-state index in [1.165, 1.54) is 52.0 Å². The number of hydrogen-bond donors (Lipinski definition) is 2. The number of nitro groups is 2. The highest BCUT2D eigenvalue weighted by Crippen LogP contribution is 2.27. The van der Waals surface area contributed by atoms with Gasteiger partial charge in [0.15, 0.2) is 0 Å². The molecule has 0 bridgehead atoms. The Bertz CT molecular complexity index is 1390. The van der Waals surface area contributed by atoms with Gasteiger partial charge >= 0.3 is 11.8 Å². The first kappa shape index (κ1) is 31.3. The standard InChI is InChI=1S/C23H28N4O10S2/c1-14-8-18(9-15(2)22(14)38(34,35)12-26(30)31)24-20(28)6-5-7-21(29)25-19-10-16(3)23(17(4)11-19)39(36,37)13-27(32)33/h8-11H,5-7,12-13H2,1-4H3,(H,24,28)(H,25,29). The van der Waals surface area contributed by atoms with Gasteiger partial charge in [0.05, 0.1) is 9.79 Å². The van der Waals surface area contributed by atoms with Gasteiger partial charge in [0.2, 0.25) is 31.5 Å². The molecule has 0 spiro atoms. The van der Waals surface area contributed by atoms with Crippen LogP contribution in [0.5, 0.6) is 0 Å². The molecule has 0 unspecified atom stereocenters. The van der Waals surface area contributed by atoms with E-state index in [0.29, 0.717) is 11.4 Å². The molecule has 16 heteroatoms. The summed E-state index contributed by atoms with van der Waals surface area (Å²) in [6.45, 7) is 5.86. The molecule has 2 aromatic carbocycles. The van der Waals surface area contributed by atoms with Gasteiger partial charge in [0.25, 0.3) is 0 Å². The Balaban J connectivity index is 1.98. The molecule has 0 heterocycles. The van der Waals surface area contributed by atoms with Crippen LogP contribution in [-0.4, -0.2) is 50.3 Å². The fourth-order valence-electron chi connectivity index (χ4n) is 4.29. The minimum absolute atomic E-state index is 0.0387. The number of nitrogens with one attached hydrogen (secondary N) is 2. The third-order valence-corrected chi connectivity index (χ3v) is 9.10. The quantitative estimate of drug-likeness (QED) is 0.275. The third kappa shape index (κ3) is 8.54. The average Bonchev–Trinajstić information content (AvgIpc) is 2.69. The van der Waals surface area contributed by atoms with Crippen molar-refractivity contribution < 1.29 is 36.3 Å². The highest BCUT2D eigenvalue weighted by Gasteiger charge is 2.27. The number of carbonyl (C=O) groups is 2. The molecule has 2 amide bonds. The average molecular weight is 585 g/mol. The van der Waals surface area contributed by atoms with Crippen LogP contribution < -0.4 is 10.6 Å². The fourth-order valence-corrected chi connectivity index (χ4v) is 7.30. The Hall–Kier alpha value is -3.92. The highest BCUT2D eigenvalue weighted by atomic mass is 32.2. The van der Waals surface area contributed by atoms with Crippen LogP contribution in [0.25, 0.3) is 0 Å². The number of benzene rings is 2.